The van der Waals surface area contributed by atoms with Crippen molar-refractivity contribution < 1.29 is 14.6 Å². The molecule has 1 heterocycles. The van der Waals surface area contributed by atoms with Gasteiger partial charge in [0.1, 0.15) is 5.69 Å². The molecule has 0 fully saturated rings. The van der Waals surface area contributed by atoms with E-state index in [4.69, 9.17) is 9.84 Å². The Morgan fingerprint density at radius 1 is 1.56 bits per heavy atom. The number of nitrogens with one attached hydrogen (secondary N) is 1. The van der Waals surface area contributed by atoms with E-state index in [-0.39, 0.29) is 12.5 Å². The number of aromatic nitrogens is 2. The Bertz CT molecular complexity index is 377. The number of aliphatic hydroxyl groups is 1. The molecular weight excluding hydrogens is 234 g/mol. The number of carbonyl (C=O) groups excluding carboxylic acids is 1. The van der Waals surface area contributed by atoms with Crippen LogP contribution >= 0.6 is 0 Å². The fourth-order valence-corrected chi connectivity index (χ4v) is 1.60. The highest BCUT2D eigenvalue weighted by molar-refractivity contribution is 5.92. The van der Waals surface area contributed by atoms with E-state index in [9.17, 15) is 4.79 Å². The summed E-state index contributed by atoms with van der Waals surface area (Å²) in [6.07, 6.45) is 0.727. The molecule has 0 aliphatic carbocycles. The first-order valence-corrected chi connectivity index (χ1v) is 6.20. The normalized spacial score (nSPS) is 10.6. The molecule has 1 aromatic heterocycles. The molecule has 0 unspecified atom stereocenters. The summed E-state index contributed by atoms with van der Waals surface area (Å²) in [5, 5.41) is 15.6. The van der Waals surface area contributed by atoms with Crippen LogP contribution in [0.25, 0.3) is 0 Å². The minimum absolute atomic E-state index is 0.0291. The Labute approximate surface area is 107 Å². The minimum Gasteiger partial charge on any atom is -0.394 e. The van der Waals surface area contributed by atoms with Crippen molar-refractivity contribution in [3.05, 3.63) is 17.5 Å². The number of aliphatic hydroxyl groups excluding tert-OH is 1. The molecule has 0 radical (unpaired) electrons. The predicted octanol–water partition coefficient (Wildman–Crippen LogP) is 0.340. The molecule has 0 saturated carbocycles. The van der Waals surface area contributed by atoms with Crippen LogP contribution in [0.1, 0.15) is 29.5 Å². The van der Waals surface area contributed by atoms with Gasteiger partial charge in [-0.25, -0.2) is 0 Å². The van der Waals surface area contributed by atoms with E-state index in [1.165, 1.54) is 0 Å². The highest BCUT2D eigenvalue weighted by Crippen LogP contribution is 2.03. The fraction of sp³-hybridized carbons (Fsp3) is 0.667. The summed E-state index contributed by atoms with van der Waals surface area (Å²) in [5.74, 6) is -0.111. The smallest absolute Gasteiger partial charge is 0.269 e. The number of ether oxygens (including phenoxy) is 1. The summed E-state index contributed by atoms with van der Waals surface area (Å²) in [6, 6.07) is 1.78. The van der Waals surface area contributed by atoms with Crippen LogP contribution in [0.3, 0.4) is 0 Å². The third-order valence-electron chi connectivity index (χ3n) is 2.42. The Morgan fingerprint density at radius 2 is 2.33 bits per heavy atom. The molecule has 0 saturated heterocycles. The maximum Gasteiger partial charge on any atom is 0.269 e. The molecule has 18 heavy (non-hydrogen) atoms. The van der Waals surface area contributed by atoms with Gasteiger partial charge in [0, 0.05) is 19.7 Å². The maximum atomic E-state index is 11.9. The van der Waals surface area contributed by atoms with Crippen molar-refractivity contribution in [1.82, 2.24) is 15.1 Å². The van der Waals surface area contributed by atoms with Crippen molar-refractivity contribution in [3.8, 4) is 0 Å². The second kappa shape index (κ2) is 7.84. The Hall–Kier alpha value is -1.40. The molecule has 0 aliphatic heterocycles. The first-order valence-electron chi connectivity index (χ1n) is 6.20. The van der Waals surface area contributed by atoms with Crippen LogP contribution in [-0.2, 0) is 11.3 Å². The molecule has 102 valence electrons. The van der Waals surface area contributed by atoms with Crippen molar-refractivity contribution in [2.24, 2.45) is 0 Å². The van der Waals surface area contributed by atoms with Gasteiger partial charge in [0.2, 0.25) is 0 Å². The third kappa shape index (κ3) is 4.46. The van der Waals surface area contributed by atoms with Crippen molar-refractivity contribution in [3.63, 3.8) is 0 Å². The third-order valence-corrected chi connectivity index (χ3v) is 2.42. The van der Waals surface area contributed by atoms with Crippen LogP contribution in [0.2, 0.25) is 0 Å². The van der Waals surface area contributed by atoms with E-state index < -0.39 is 0 Å². The van der Waals surface area contributed by atoms with Crippen LogP contribution < -0.4 is 5.32 Å². The van der Waals surface area contributed by atoms with Gasteiger partial charge in [-0.1, -0.05) is 0 Å². The SMILES string of the molecule is CCn1nc(C)cc1C(=O)NCCCOCCO. The van der Waals surface area contributed by atoms with Crippen molar-refractivity contribution in [2.75, 3.05) is 26.4 Å². The van der Waals surface area contributed by atoms with Gasteiger partial charge in [-0.05, 0) is 26.3 Å². The minimum atomic E-state index is -0.111. The molecule has 0 bridgehead atoms. The highest BCUT2D eigenvalue weighted by Gasteiger charge is 2.11. The molecule has 0 atom stereocenters. The quantitative estimate of drug-likeness (QED) is 0.657. The molecule has 1 rings (SSSR count). The summed E-state index contributed by atoms with van der Waals surface area (Å²) in [5.41, 5.74) is 1.43. The first-order chi connectivity index (χ1) is 8.69. The number of nitrogens with zero attached hydrogens (tertiary/aromatic N) is 2. The maximum absolute atomic E-state index is 11.9. The largest absolute Gasteiger partial charge is 0.394 e. The fourth-order valence-electron chi connectivity index (χ4n) is 1.60. The Kier molecular flexibility index (Phi) is 6.38. The summed E-state index contributed by atoms with van der Waals surface area (Å²) in [7, 11) is 0. The van der Waals surface area contributed by atoms with Gasteiger partial charge in [-0.2, -0.15) is 5.10 Å². The van der Waals surface area contributed by atoms with Gasteiger partial charge in [-0.3, -0.25) is 9.48 Å². The lowest BCUT2D eigenvalue weighted by Crippen LogP contribution is -2.27. The lowest BCUT2D eigenvalue weighted by molar-refractivity contribution is 0.0863. The second-order valence-electron chi connectivity index (χ2n) is 3.93. The summed E-state index contributed by atoms with van der Waals surface area (Å²) in [4.78, 5) is 11.9. The number of hydrogen-bond donors (Lipinski definition) is 2. The average Bonchev–Trinajstić information content (AvgIpc) is 2.74. The average molecular weight is 255 g/mol. The van der Waals surface area contributed by atoms with Gasteiger partial charge in [0.25, 0.3) is 5.91 Å². The van der Waals surface area contributed by atoms with Crippen LogP contribution in [0.15, 0.2) is 6.07 Å². The summed E-state index contributed by atoms with van der Waals surface area (Å²) < 4.78 is 6.79. The van der Waals surface area contributed by atoms with E-state index >= 15 is 0 Å². The van der Waals surface area contributed by atoms with Gasteiger partial charge >= 0.3 is 0 Å². The molecule has 1 amide bonds. The summed E-state index contributed by atoms with van der Waals surface area (Å²) in [6.45, 7) is 5.95. The molecule has 0 spiro atoms. The van der Waals surface area contributed by atoms with Crippen LogP contribution in [-0.4, -0.2) is 47.2 Å². The Morgan fingerprint density at radius 3 is 3.00 bits per heavy atom. The van der Waals surface area contributed by atoms with E-state index in [0.717, 1.165) is 12.1 Å². The number of amides is 1. The lowest BCUT2D eigenvalue weighted by atomic mass is 10.3. The predicted molar refractivity (Wildman–Crippen MR) is 67.5 cm³/mol. The molecule has 1 aromatic rings. The zero-order valence-electron chi connectivity index (χ0n) is 11.0. The van der Waals surface area contributed by atoms with Crippen LogP contribution in [0, 0.1) is 6.92 Å². The van der Waals surface area contributed by atoms with Crippen molar-refractivity contribution in [1.29, 1.82) is 0 Å². The van der Waals surface area contributed by atoms with E-state index in [1.54, 1.807) is 10.7 Å². The van der Waals surface area contributed by atoms with Gasteiger partial charge in [-0.15, -0.1) is 0 Å². The van der Waals surface area contributed by atoms with Crippen LogP contribution in [0.5, 0.6) is 0 Å². The number of rotatable bonds is 8. The standard InChI is InChI=1S/C12H21N3O3/c1-3-15-11(9-10(2)14-15)12(17)13-5-4-7-18-8-6-16/h9,16H,3-8H2,1-2H3,(H,13,17). The van der Waals surface area contributed by atoms with Gasteiger partial charge < -0.3 is 15.2 Å². The number of aryl methyl sites for hydroxylation is 2. The van der Waals surface area contributed by atoms with Crippen molar-refractivity contribution in [2.45, 2.75) is 26.8 Å². The second-order valence-corrected chi connectivity index (χ2v) is 3.93. The van der Waals surface area contributed by atoms with E-state index in [1.807, 2.05) is 13.8 Å². The molecular formula is C12H21N3O3. The zero-order valence-corrected chi connectivity index (χ0v) is 11.0. The zero-order chi connectivity index (χ0) is 13.4. The lowest BCUT2D eigenvalue weighted by Gasteiger charge is -2.06. The van der Waals surface area contributed by atoms with Crippen molar-refractivity contribution >= 4 is 5.91 Å². The van der Waals surface area contributed by atoms with Gasteiger partial charge in [0.15, 0.2) is 0 Å². The number of carbonyl (C=O) groups is 1. The first kappa shape index (κ1) is 14.7. The monoisotopic (exact) mass is 255 g/mol. The highest BCUT2D eigenvalue weighted by atomic mass is 16.5. The molecule has 6 heteroatoms. The molecule has 6 nitrogen and oxygen atoms in total. The number of hydrogen-bond acceptors (Lipinski definition) is 4. The van der Waals surface area contributed by atoms with E-state index in [0.29, 0.717) is 32.0 Å². The van der Waals surface area contributed by atoms with Crippen LogP contribution in [0.4, 0.5) is 0 Å². The molecule has 2 N–H and O–H groups in total. The topological polar surface area (TPSA) is 76.4 Å². The molecule has 0 aliphatic rings. The molecule has 0 aromatic carbocycles. The summed E-state index contributed by atoms with van der Waals surface area (Å²) >= 11 is 0. The van der Waals surface area contributed by atoms with Gasteiger partial charge in [0.05, 0.1) is 18.9 Å². The Balaban J connectivity index is 2.32. The van der Waals surface area contributed by atoms with E-state index in [2.05, 4.69) is 10.4 Å².